The van der Waals surface area contributed by atoms with Gasteiger partial charge in [0.15, 0.2) is 0 Å². The minimum absolute atomic E-state index is 0.413. The maximum Gasteiger partial charge on any atom is 0.0449 e. The van der Waals surface area contributed by atoms with Crippen molar-refractivity contribution in [3.05, 3.63) is 35.9 Å². The van der Waals surface area contributed by atoms with Gasteiger partial charge in [-0.05, 0) is 18.9 Å². The molecule has 1 aromatic carbocycles. The molecule has 0 aliphatic carbocycles. The summed E-state index contributed by atoms with van der Waals surface area (Å²) in [7, 11) is 0. The fourth-order valence-corrected chi connectivity index (χ4v) is 1.28. The third-order valence-electron chi connectivity index (χ3n) is 1.93. The summed E-state index contributed by atoms with van der Waals surface area (Å²) in [6.45, 7) is 4.06. The minimum Gasteiger partial charge on any atom is -0.106 e. The molecule has 0 saturated heterocycles. The second-order valence-electron chi connectivity index (χ2n) is 2.77. The first-order valence-corrected chi connectivity index (χ1v) is 4.35. The Morgan fingerprint density at radius 3 is 2.42 bits per heavy atom. The molecule has 0 aromatic heterocycles. The molecule has 12 heavy (non-hydrogen) atoms. The number of benzene rings is 1. The molecule has 0 amide bonds. The number of rotatable bonds is 2. The first-order valence-electron chi connectivity index (χ1n) is 4.35. The van der Waals surface area contributed by atoms with Gasteiger partial charge >= 0.3 is 0 Å². The van der Waals surface area contributed by atoms with Crippen LogP contribution in [-0.2, 0) is 0 Å². The molecule has 0 bridgehead atoms. The van der Waals surface area contributed by atoms with Crippen molar-refractivity contribution in [1.29, 1.82) is 0 Å². The van der Waals surface area contributed by atoms with E-state index in [2.05, 4.69) is 43.0 Å². The zero-order valence-corrected chi connectivity index (χ0v) is 7.67. The van der Waals surface area contributed by atoms with Crippen LogP contribution in [0.15, 0.2) is 30.3 Å². The van der Waals surface area contributed by atoms with Crippen LogP contribution in [0.3, 0.4) is 0 Å². The molecule has 0 N–H and O–H groups in total. The van der Waals surface area contributed by atoms with E-state index in [0.29, 0.717) is 5.92 Å². The summed E-state index contributed by atoms with van der Waals surface area (Å²) in [5, 5.41) is 0. The zero-order chi connectivity index (χ0) is 8.81. The molecule has 0 fully saturated rings. The maximum atomic E-state index is 3.20. The van der Waals surface area contributed by atoms with E-state index in [1.807, 2.05) is 13.0 Å². The van der Waals surface area contributed by atoms with Crippen LogP contribution in [0.2, 0.25) is 0 Å². The van der Waals surface area contributed by atoms with Crippen molar-refractivity contribution in [1.82, 2.24) is 0 Å². The van der Waals surface area contributed by atoms with Crippen LogP contribution in [0.25, 0.3) is 0 Å². The van der Waals surface area contributed by atoms with E-state index in [0.717, 1.165) is 6.42 Å². The van der Waals surface area contributed by atoms with Gasteiger partial charge in [0.25, 0.3) is 0 Å². The highest BCUT2D eigenvalue weighted by Gasteiger charge is 2.02. The van der Waals surface area contributed by atoms with Gasteiger partial charge in [-0.1, -0.05) is 43.2 Å². The van der Waals surface area contributed by atoms with E-state index >= 15 is 0 Å². The molecule has 62 valence electrons. The van der Waals surface area contributed by atoms with Gasteiger partial charge in [-0.25, -0.2) is 0 Å². The molecule has 0 spiro atoms. The Morgan fingerprint density at radius 2 is 1.92 bits per heavy atom. The van der Waals surface area contributed by atoms with Gasteiger partial charge < -0.3 is 0 Å². The maximum absolute atomic E-state index is 3.20. The van der Waals surface area contributed by atoms with Crippen LogP contribution in [-0.4, -0.2) is 0 Å². The Morgan fingerprint density at radius 1 is 1.25 bits per heavy atom. The predicted molar refractivity (Wildman–Crippen MR) is 52.9 cm³/mol. The number of hydrogen-bond acceptors (Lipinski definition) is 0. The smallest absolute Gasteiger partial charge is 0.0449 e. The number of hydrogen-bond donors (Lipinski definition) is 0. The first kappa shape index (κ1) is 8.87. The topological polar surface area (TPSA) is 0 Å². The lowest BCUT2D eigenvalue weighted by Gasteiger charge is -2.06. The van der Waals surface area contributed by atoms with E-state index in [4.69, 9.17) is 0 Å². The van der Waals surface area contributed by atoms with Crippen LogP contribution in [0.4, 0.5) is 0 Å². The van der Waals surface area contributed by atoms with Crippen molar-refractivity contribution >= 4 is 0 Å². The van der Waals surface area contributed by atoms with Crippen molar-refractivity contribution in [3.63, 3.8) is 0 Å². The van der Waals surface area contributed by atoms with Crippen LogP contribution in [0.1, 0.15) is 31.7 Å². The summed E-state index contributed by atoms with van der Waals surface area (Å²) in [5.41, 5.74) is 1.33. The summed E-state index contributed by atoms with van der Waals surface area (Å²) in [6, 6.07) is 10.4. The molecule has 0 nitrogen and oxygen atoms in total. The van der Waals surface area contributed by atoms with Crippen LogP contribution < -0.4 is 0 Å². The standard InChI is InChI=1S/C12H14/c1-3-8-11(4-2)12-9-6-5-7-10-12/h5-7,9-11H,4H2,1-2H3. The summed E-state index contributed by atoms with van der Waals surface area (Å²) in [6.07, 6.45) is 1.09. The van der Waals surface area contributed by atoms with E-state index in [-0.39, 0.29) is 0 Å². The van der Waals surface area contributed by atoms with Crippen molar-refractivity contribution in [2.24, 2.45) is 0 Å². The lowest BCUT2D eigenvalue weighted by molar-refractivity contribution is 0.830. The van der Waals surface area contributed by atoms with Gasteiger partial charge in [-0.2, -0.15) is 0 Å². The Hall–Kier alpha value is -1.22. The summed E-state index contributed by atoms with van der Waals surface area (Å²) in [4.78, 5) is 0. The van der Waals surface area contributed by atoms with Gasteiger partial charge in [-0.3, -0.25) is 0 Å². The predicted octanol–water partition coefficient (Wildman–Crippen LogP) is 3.20. The van der Waals surface area contributed by atoms with E-state index in [9.17, 15) is 0 Å². The van der Waals surface area contributed by atoms with Gasteiger partial charge in [0.05, 0.1) is 0 Å². The third kappa shape index (κ3) is 2.13. The van der Waals surface area contributed by atoms with E-state index in [1.54, 1.807) is 0 Å². The Balaban J connectivity index is 2.85. The Kier molecular flexibility index (Phi) is 3.41. The average Bonchev–Trinajstić information content (AvgIpc) is 2.15. The summed E-state index contributed by atoms with van der Waals surface area (Å²) in [5.74, 6) is 6.58. The van der Waals surface area contributed by atoms with Gasteiger partial charge in [-0.15, -0.1) is 5.92 Å². The van der Waals surface area contributed by atoms with E-state index < -0.39 is 0 Å². The molecule has 1 rings (SSSR count). The second-order valence-corrected chi connectivity index (χ2v) is 2.77. The molecular weight excluding hydrogens is 144 g/mol. The molecule has 0 radical (unpaired) electrons. The average molecular weight is 158 g/mol. The van der Waals surface area contributed by atoms with E-state index in [1.165, 1.54) is 5.56 Å². The summed E-state index contributed by atoms with van der Waals surface area (Å²) >= 11 is 0. The molecule has 0 aliphatic rings. The quantitative estimate of drug-likeness (QED) is 0.580. The molecular formula is C12H14. The molecule has 1 unspecified atom stereocenters. The molecule has 0 saturated carbocycles. The normalized spacial score (nSPS) is 11.5. The molecule has 1 aromatic rings. The molecule has 0 heterocycles. The highest BCUT2D eigenvalue weighted by atomic mass is 14.1. The van der Waals surface area contributed by atoms with Crippen molar-refractivity contribution < 1.29 is 0 Å². The van der Waals surface area contributed by atoms with Crippen LogP contribution in [0, 0.1) is 11.8 Å². The lowest BCUT2D eigenvalue weighted by atomic mass is 9.97. The van der Waals surface area contributed by atoms with Crippen molar-refractivity contribution in [2.75, 3.05) is 0 Å². The van der Waals surface area contributed by atoms with Gasteiger partial charge in [0, 0.05) is 5.92 Å². The van der Waals surface area contributed by atoms with Crippen molar-refractivity contribution in [2.45, 2.75) is 26.2 Å². The van der Waals surface area contributed by atoms with Crippen molar-refractivity contribution in [3.8, 4) is 11.8 Å². The fourth-order valence-electron chi connectivity index (χ4n) is 1.28. The molecule has 0 aliphatic heterocycles. The second kappa shape index (κ2) is 4.62. The Labute approximate surface area is 74.6 Å². The van der Waals surface area contributed by atoms with Gasteiger partial charge in [0.1, 0.15) is 0 Å². The minimum atomic E-state index is 0.413. The highest BCUT2D eigenvalue weighted by molar-refractivity contribution is 5.27. The Bertz CT molecular complexity index is 274. The van der Waals surface area contributed by atoms with Crippen LogP contribution >= 0.6 is 0 Å². The lowest BCUT2D eigenvalue weighted by Crippen LogP contribution is -1.92. The fraction of sp³-hybridized carbons (Fsp3) is 0.333. The largest absolute Gasteiger partial charge is 0.106 e. The van der Waals surface area contributed by atoms with Crippen LogP contribution in [0.5, 0.6) is 0 Å². The molecule has 0 heteroatoms. The first-order chi connectivity index (χ1) is 5.88. The summed E-state index contributed by atoms with van der Waals surface area (Å²) < 4.78 is 0. The third-order valence-corrected chi connectivity index (χ3v) is 1.93. The zero-order valence-electron chi connectivity index (χ0n) is 7.67. The van der Waals surface area contributed by atoms with Gasteiger partial charge in [0.2, 0.25) is 0 Å². The monoisotopic (exact) mass is 158 g/mol. The molecule has 1 atom stereocenters. The highest BCUT2D eigenvalue weighted by Crippen LogP contribution is 2.17. The SMILES string of the molecule is CC#CC(CC)c1ccccc1.